The van der Waals surface area contributed by atoms with Crippen molar-refractivity contribution in [3.05, 3.63) is 41.2 Å². The van der Waals surface area contributed by atoms with E-state index in [2.05, 4.69) is 10.2 Å². The van der Waals surface area contributed by atoms with Crippen molar-refractivity contribution in [3.8, 4) is 11.5 Å². The van der Waals surface area contributed by atoms with Crippen LogP contribution in [0.15, 0.2) is 24.3 Å². The minimum absolute atomic E-state index is 0.118. The third-order valence-electron chi connectivity index (χ3n) is 2.17. The fraction of sp³-hybridized carbons (Fsp3) is 0.0833. The Balaban J connectivity index is 2.20. The number of H-pyrrole nitrogens is 1. The van der Waals surface area contributed by atoms with Crippen molar-refractivity contribution in [3.63, 3.8) is 0 Å². The van der Waals surface area contributed by atoms with Crippen LogP contribution in [0.4, 0.5) is 0 Å². The average molecular weight is 216 g/mol. The van der Waals surface area contributed by atoms with Crippen molar-refractivity contribution in [2.24, 2.45) is 0 Å². The van der Waals surface area contributed by atoms with E-state index in [1.165, 1.54) is 12.1 Å². The van der Waals surface area contributed by atoms with Crippen molar-refractivity contribution in [1.29, 1.82) is 0 Å². The molecule has 0 atom stereocenters. The number of aryl methyl sites for hydroxylation is 1. The molecule has 4 nitrogen and oxygen atoms in total. The minimum Gasteiger partial charge on any atom is -0.504 e. The maximum Gasteiger partial charge on any atom is 0.157 e. The van der Waals surface area contributed by atoms with Gasteiger partial charge in [0.2, 0.25) is 0 Å². The van der Waals surface area contributed by atoms with Crippen LogP contribution in [0.1, 0.15) is 17.0 Å². The zero-order valence-corrected chi connectivity index (χ0v) is 8.81. The molecule has 0 bridgehead atoms. The van der Waals surface area contributed by atoms with Crippen LogP contribution < -0.4 is 0 Å². The van der Waals surface area contributed by atoms with Crippen LogP contribution in [-0.4, -0.2) is 20.4 Å². The first-order chi connectivity index (χ1) is 7.65. The third kappa shape index (κ3) is 2.23. The largest absolute Gasteiger partial charge is 0.504 e. The first-order valence-electron chi connectivity index (χ1n) is 4.87. The first-order valence-corrected chi connectivity index (χ1v) is 4.87. The van der Waals surface area contributed by atoms with E-state index in [-0.39, 0.29) is 11.5 Å². The van der Waals surface area contributed by atoms with Gasteiger partial charge in [-0.25, -0.2) is 0 Å². The van der Waals surface area contributed by atoms with Crippen LogP contribution >= 0.6 is 0 Å². The lowest BCUT2D eigenvalue weighted by Crippen LogP contribution is -1.74. The molecular weight excluding hydrogens is 204 g/mol. The number of nitrogens with one attached hydrogen (secondary N) is 1. The summed E-state index contributed by atoms with van der Waals surface area (Å²) in [6.45, 7) is 1.93. The van der Waals surface area contributed by atoms with Gasteiger partial charge < -0.3 is 10.2 Å². The van der Waals surface area contributed by atoms with Gasteiger partial charge in [-0.1, -0.05) is 12.1 Å². The van der Waals surface area contributed by atoms with Gasteiger partial charge in [-0.05, 0) is 36.8 Å². The number of hydrogen-bond donors (Lipinski definition) is 3. The molecule has 0 unspecified atom stereocenters. The molecule has 1 heterocycles. The minimum atomic E-state index is -0.125. The van der Waals surface area contributed by atoms with E-state index in [1.54, 1.807) is 6.07 Å². The lowest BCUT2D eigenvalue weighted by atomic mass is 10.2. The Labute approximate surface area is 92.9 Å². The molecule has 2 aromatic rings. The highest BCUT2D eigenvalue weighted by Crippen LogP contribution is 2.25. The highest BCUT2D eigenvalue weighted by molar-refractivity contribution is 5.69. The lowest BCUT2D eigenvalue weighted by molar-refractivity contribution is 0.403. The predicted molar refractivity (Wildman–Crippen MR) is 62.0 cm³/mol. The molecule has 0 amide bonds. The molecule has 0 fully saturated rings. The van der Waals surface area contributed by atoms with Crippen LogP contribution in [0.2, 0.25) is 0 Å². The average Bonchev–Trinajstić information content (AvgIpc) is 2.66. The Morgan fingerprint density at radius 1 is 1.12 bits per heavy atom. The van der Waals surface area contributed by atoms with E-state index in [4.69, 9.17) is 5.11 Å². The summed E-state index contributed by atoms with van der Waals surface area (Å²) >= 11 is 0. The van der Waals surface area contributed by atoms with Crippen molar-refractivity contribution in [2.75, 3.05) is 0 Å². The van der Waals surface area contributed by atoms with Gasteiger partial charge in [-0.15, -0.1) is 0 Å². The van der Waals surface area contributed by atoms with E-state index in [9.17, 15) is 5.11 Å². The van der Waals surface area contributed by atoms with Crippen LogP contribution in [0.25, 0.3) is 12.2 Å². The van der Waals surface area contributed by atoms with E-state index < -0.39 is 0 Å². The summed E-state index contributed by atoms with van der Waals surface area (Å²) in [5, 5.41) is 25.3. The molecule has 0 saturated heterocycles. The standard InChI is InChI=1S/C12H12N2O2/c1-8-6-10(14-13-8)4-2-9-3-5-11(15)12(16)7-9/h2-7,15-16H,1H3,(H,13,14)/b4-2+. The number of rotatable bonds is 2. The van der Waals surface area contributed by atoms with Crippen LogP contribution in [-0.2, 0) is 0 Å². The van der Waals surface area contributed by atoms with Crippen molar-refractivity contribution < 1.29 is 10.2 Å². The number of aromatic amines is 1. The Hall–Kier alpha value is -2.23. The Morgan fingerprint density at radius 2 is 1.94 bits per heavy atom. The second-order valence-electron chi connectivity index (χ2n) is 3.56. The number of aromatic nitrogens is 2. The van der Waals surface area contributed by atoms with E-state index >= 15 is 0 Å². The highest BCUT2D eigenvalue weighted by atomic mass is 16.3. The first kappa shape index (κ1) is 10.3. The predicted octanol–water partition coefficient (Wildman–Crippen LogP) is 2.30. The van der Waals surface area contributed by atoms with E-state index in [1.807, 2.05) is 25.1 Å². The molecule has 4 heteroatoms. The van der Waals surface area contributed by atoms with Gasteiger partial charge in [0.25, 0.3) is 0 Å². The summed E-state index contributed by atoms with van der Waals surface area (Å²) in [5.41, 5.74) is 2.62. The Morgan fingerprint density at radius 3 is 2.56 bits per heavy atom. The molecular formula is C12H12N2O2. The molecule has 16 heavy (non-hydrogen) atoms. The number of phenolic OH excluding ortho intramolecular Hbond substituents is 2. The van der Waals surface area contributed by atoms with Crippen molar-refractivity contribution >= 4 is 12.2 Å². The maximum absolute atomic E-state index is 9.30. The SMILES string of the molecule is Cc1cc(/C=C/c2ccc(O)c(O)c2)n[nH]1. The molecule has 0 saturated carbocycles. The van der Waals surface area contributed by atoms with Crippen LogP contribution in [0.5, 0.6) is 11.5 Å². The number of hydrogen-bond acceptors (Lipinski definition) is 3. The number of nitrogens with zero attached hydrogens (tertiary/aromatic N) is 1. The van der Waals surface area contributed by atoms with E-state index in [0.29, 0.717) is 0 Å². The fourth-order valence-electron chi connectivity index (χ4n) is 1.35. The van der Waals surface area contributed by atoms with Crippen LogP contribution in [0, 0.1) is 6.92 Å². The maximum atomic E-state index is 9.30. The van der Waals surface area contributed by atoms with Gasteiger partial charge >= 0.3 is 0 Å². The van der Waals surface area contributed by atoms with Gasteiger partial charge in [-0.2, -0.15) is 5.10 Å². The number of aromatic hydroxyl groups is 2. The molecule has 0 spiro atoms. The zero-order valence-electron chi connectivity index (χ0n) is 8.81. The molecule has 1 aromatic heterocycles. The molecule has 2 rings (SSSR count). The normalized spacial score (nSPS) is 11.1. The summed E-state index contributed by atoms with van der Waals surface area (Å²) in [7, 11) is 0. The van der Waals surface area contributed by atoms with Gasteiger partial charge in [0.05, 0.1) is 5.69 Å². The number of benzene rings is 1. The molecule has 0 aliphatic heterocycles. The monoisotopic (exact) mass is 216 g/mol. The van der Waals surface area contributed by atoms with Crippen molar-refractivity contribution in [1.82, 2.24) is 10.2 Å². The topological polar surface area (TPSA) is 69.1 Å². The molecule has 0 aliphatic carbocycles. The summed E-state index contributed by atoms with van der Waals surface area (Å²) in [6, 6.07) is 6.57. The summed E-state index contributed by atoms with van der Waals surface area (Å²) in [5.74, 6) is -0.242. The lowest BCUT2D eigenvalue weighted by Gasteiger charge is -1.97. The molecule has 3 N–H and O–H groups in total. The molecule has 82 valence electrons. The van der Waals surface area contributed by atoms with Gasteiger partial charge in [0.1, 0.15) is 0 Å². The van der Waals surface area contributed by atoms with E-state index in [0.717, 1.165) is 17.0 Å². The fourth-order valence-corrected chi connectivity index (χ4v) is 1.35. The van der Waals surface area contributed by atoms with Gasteiger partial charge in [-0.3, -0.25) is 5.10 Å². The second kappa shape index (κ2) is 4.10. The molecule has 0 aliphatic rings. The summed E-state index contributed by atoms with van der Waals surface area (Å²) in [6.07, 6.45) is 3.64. The number of phenols is 2. The van der Waals surface area contributed by atoms with Gasteiger partial charge in [0, 0.05) is 5.69 Å². The Bertz CT molecular complexity index is 530. The molecule has 0 radical (unpaired) electrons. The zero-order chi connectivity index (χ0) is 11.5. The molecule has 1 aromatic carbocycles. The smallest absolute Gasteiger partial charge is 0.157 e. The van der Waals surface area contributed by atoms with Gasteiger partial charge in [0.15, 0.2) is 11.5 Å². The second-order valence-corrected chi connectivity index (χ2v) is 3.56. The Kier molecular flexibility index (Phi) is 2.64. The highest BCUT2D eigenvalue weighted by Gasteiger charge is 1.98. The third-order valence-corrected chi connectivity index (χ3v) is 2.17. The van der Waals surface area contributed by atoms with Crippen LogP contribution in [0.3, 0.4) is 0 Å². The summed E-state index contributed by atoms with van der Waals surface area (Å²) in [4.78, 5) is 0. The quantitative estimate of drug-likeness (QED) is 0.674. The summed E-state index contributed by atoms with van der Waals surface area (Å²) < 4.78 is 0. The van der Waals surface area contributed by atoms with Crippen molar-refractivity contribution in [2.45, 2.75) is 6.92 Å².